The minimum atomic E-state index is -0.198. The maximum Gasteiger partial charge on any atom is 0.191 e. The van der Waals surface area contributed by atoms with Gasteiger partial charge in [-0.05, 0) is 55.0 Å². The number of nitrogens with one attached hydrogen (secondary N) is 2. The van der Waals surface area contributed by atoms with E-state index in [4.69, 9.17) is 0 Å². The number of hydrogen-bond donors (Lipinski definition) is 2. The maximum atomic E-state index is 13.5. The van der Waals surface area contributed by atoms with E-state index in [0.29, 0.717) is 19.0 Å². The molecule has 0 amide bonds. The van der Waals surface area contributed by atoms with E-state index in [9.17, 15) is 4.39 Å². The first-order chi connectivity index (χ1) is 13.6. The van der Waals surface area contributed by atoms with Crippen molar-refractivity contribution in [2.45, 2.75) is 32.7 Å². The summed E-state index contributed by atoms with van der Waals surface area (Å²) >= 11 is 1.68. The Bertz CT molecular complexity index is 766. The van der Waals surface area contributed by atoms with E-state index in [-0.39, 0.29) is 29.8 Å². The quantitative estimate of drug-likeness (QED) is 0.285. The van der Waals surface area contributed by atoms with Crippen molar-refractivity contribution < 1.29 is 4.39 Å². The molecule has 0 bridgehead atoms. The average molecular weight is 531 g/mol. The molecular formula is C21H31FIN5S. The molecule has 2 N–H and O–H groups in total. The van der Waals surface area contributed by atoms with Crippen LogP contribution in [0.3, 0.4) is 0 Å². The Balaban J connectivity index is 0.00000420. The van der Waals surface area contributed by atoms with Gasteiger partial charge in [-0.25, -0.2) is 9.37 Å². The average Bonchev–Trinajstić information content (AvgIpc) is 2.71. The first kappa shape index (κ1) is 25.5. The van der Waals surface area contributed by atoms with E-state index < -0.39 is 0 Å². The third-order valence-corrected chi connectivity index (χ3v) is 5.09. The number of anilines is 1. The molecule has 0 aliphatic carbocycles. The monoisotopic (exact) mass is 531 g/mol. The fourth-order valence-corrected chi connectivity index (χ4v) is 3.48. The van der Waals surface area contributed by atoms with Crippen LogP contribution in [-0.2, 0) is 18.8 Å². The Hall–Kier alpha value is -1.55. The number of guanidine groups is 1. The first-order valence-corrected chi connectivity index (χ1v) is 10.9. The molecular weight excluding hydrogens is 500 g/mol. The highest BCUT2D eigenvalue weighted by Gasteiger charge is 2.07. The predicted molar refractivity (Wildman–Crippen MR) is 134 cm³/mol. The third kappa shape index (κ3) is 8.00. The van der Waals surface area contributed by atoms with Crippen LogP contribution in [0.4, 0.5) is 10.2 Å². The SMILES string of the molecule is CCN(CC)c1ccc(CNC(=NC)NCc2ccc(F)cc2CSC)cn1.I. The van der Waals surface area contributed by atoms with Crippen molar-refractivity contribution in [3.63, 3.8) is 0 Å². The normalized spacial score (nSPS) is 11.0. The Morgan fingerprint density at radius 3 is 2.41 bits per heavy atom. The smallest absolute Gasteiger partial charge is 0.191 e. The summed E-state index contributed by atoms with van der Waals surface area (Å²) in [5.74, 6) is 2.28. The predicted octanol–water partition coefficient (Wildman–Crippen LogP) is 4.41. The van der Waals surface area contributed by atoms with E-state index in [2.05, 4.69) is 45.4 Å². The number of pyridine rings is 1. The molecule has 2 aromatic rings. The molecule has 2 rings (SSSR count). The molecule has 0 radical (unpaired) electrons. The lowest BCUT2D eigenvalue weighted by Gasteiger charge is -2.19. The van der Waals surface area contributed by atoms with Crippen LogP contribution in [0.5, 0.6) is 0 Å². The summed E-state index contributed by atoms with van der Waals surface area (Å²) in [7, 11) is 1.74. The molecule has 0 fully saturated rings. The lowest BCUT2D eigenvalue weighted by Crippen LogP contribution is -2.36. The molecule has 5 nitrogen and oxygen atoms in total. The Morgan fingerprint density at radius 1 is 1.10 bits per heavy atom. The van der Waals surface area contributed by atoms with Gasteiger partial charge in [0.05, 0.1) is 0 Å². The van der Waals surface area contributed by atoms with Crippen LogP contribution < -0.4 is 15.5 Å². The van der Waals surface area contributed by atoms with Crippen LogP contribution in [0.2, 0.25) is 0 Å². The Labute approximate surface area is 195 Å². The molecule has 0 aliphatic heterocycles. The molecule has 1 aromatic heterocycles. The minimum Gasteiger partial charge on any atom is -0.357 e. The molecule has 0 spiro atoms. The summed E-state index contributed by atoms with van der Waals surface area (Å²) in [5.41, 5.74) is 3.17. The van der Waals surface area contributed by atoms with Crippen molar-refractivity contribution in [2.75, 3.05) is 31.3 Å². The number of hydrogen-bond acceptors (Lipinski definition) is 4. The fraction of sp³-hybridized carbons (Fsp3) is 0.429. The van der Waals surface area contributed by atoms with Gasteiger partial charge in [0.15, 0.2) is 5.96 Å². The number of aromatic nitrogens is 1. The van der Waals surface area contributed by atoms with Gasteiger partial charge in [-0.1, -0.05) is 12.1 Å². The zero-order chi connectivity index (χ0) is 20.4. The van der Waals surface area contributed by atoms with Crippen LogP contribution >= 0.6 is 35.7 Å². The summed E-state index contributed by atoms with van der Waals surface area (Å²) in [6.45, 7) is 7.37. The van der Waals surface area contributed by atoms with Crippen LogP contribution in [0.25, 0.3) is 0 Å². The van der Waals surface area contributed by atoms with Gasteiger partial charge in [-0.2, -0.15) is 11.8 Å². The Morgan fingerprint density at radius 2 is 1.83 bits per heavy atom. The molecule has 1 aromatic carbocycles. The third-order valence-electron chi connectivity index (χ3n) is 4.49. The van der Waals surface area contributed by atoms with Crippen LogP contribution in [-0.4, -0.2) is 37.3 Å². The van der Waals surface area contributed by atoms with Gasteiger partial charge in [0.1, 0.15) is 11.6 Å². The van der Waals surface area contributed by atoms with E-state index in [0.717, 1.165) is 41.4 Å². The fourth-order valence-electron chi connectivity index (χ4n) is 2.90. The van der Waals surface area contributed by atoms with Crippen molar-refractivity contribution >= 4 is 47.5 Å². The number of aliphatic imine (C=N–C) groups is 1. The van der Waals surface area contributed by atoms with E-state index in [1.807, 2.05) is 24.6 Å². The van der Waals surface area contributed by atoms with Crippen molar-refractivity contribution in [3.8, 4) is 0 Å². The highest BCUT2D eigenvalue weighted by Crippen LogP contribution is 2.16. The number of thioether (sulfide) groups is 1. The van der Waals surface area contributed by atoms with Gasteiger partial charge in [0, 0.05) is 45.2 Å². The highest BCUT2D eigenvalue weighted by molar-refractivity contribution is 14.0. The molecule has 0 saturated heterocycles. The summed E-state index contributed by atoms with van der Waals surface area (Å²) < 4.78 is 13.5. The van der Waals surface area contributed by atoms with Crippen molar-refractivity contribution in [2.24, 2.45) is 4.99 Å². The van der Waals surface area contributed by atoms with Gasteiger partial charge < -0.3 is 15.5 Å². The lowest BCUT2D eigenvalue weighted by molar-refractivity contribution is 0.625. The van der Waals surface area contributed by atoms with Gasteiger partial charge in [0.25, 0.3) is 0 Å². The lowest BCUT2D eigenvalue weighted by atomic mass is 10.1. The molecule has 0 saturated carbocycles. The molecule has 160 valence electrons. The van der Waals surface area contributed by atoms with Crippen molar-refractivity contribution in [1.82, 2.24) is 15.6 Å². The summed E-state index contributed by atoms with van der Waals surface area (Å²) in [4.78, 5) is 11.0. The summed E-state index contributed by atoms with van der Waals surface area (Å²) in [6, 6.07) is 9.06. The molecule has 29 heavy (non-hydrogen) atoms. The molecule has 8 heteroatoms. The topological polar surface area (TPSA) is 52.5 Å². The van der Waals surface area contributed by atoms with E-state index >= 15 is 0 Å². The number of halogens is 2. The molecule has 1 heterocycles. The maximum absolute atomic E-state index is 13.5. The molecule has 0 unspecified atom stereocenters. The molecule has 0 atom stereocenters. The van der Waals surface area contributed by atoms with Crippen LogP contribution in [0, 0.1) is 5.82 Å². The van der Waals surface area contributed by atoms with Gasteiger partial charge in [-0.3, -0.25) is 4.99 Å². The zero-order valence-corrected chi connectivity index (χ0v) is 20.7. The molecule has 0 aliphatic rings. The largest absolute Gasteiger partial charge is 0.357 e. The van der Waals surface area contributed by atoms with Crippen molar-refractivity contribution in [3.05, 3.63) is 59.0 Å². The second kappa shape index (κ2) is 13.6. The van der Waals surface area contributed by atoms with Crippen molar-refractivity contribution in [1.29, 1.82) is 0 Å². The standard InChI is InChI=1S/C21H30FN5S.HI/c1-5-27(6-2)20-10-7-16(12-24-20)13-25-21(23-3)26-14-17-8-9-19(22)11-18(17)15-28-4;/h7-12H,5-6,13-15H2,1-4H3,(H2,23,25,26);1H. The summed E-state index contributed by atoms with van der Waals surface area (Å²) in [5, 5.41) is 6.60. The second-order valence-corrected chi connectivity index (χ2v) is 7.19. The highest BCUT2D eigenvalue weighted by atomic mass is 127. The number of nitrogens with zero attached hydrogens (tertiary/aromatic N) is 3. The van der Waals surface area contributed by atoms with Gasteiger partial charge >= 0.3 is 0 Å². The Kier molecular flexibility index (Phi) is 12.0. The number of rotatable bonds is 9. The van der Waals surface area contributed by atoms with E-state index in [1.165, 1.54) is 6.07 Å². The van der Waals surface area contributed by atoms with Crippen LogP contribution in [0.15, 0.2) is 41.5 Å². The minimum absolute atomic E-state index is 0. The summed E-state index contributed by atoms with van der Waals surface area (Å²) in [6.07, 6.45) is 3.91. The number of benzene rings is 1. The first-order valence-electron chi connectivity index (χ1n) is 9.51. The van der Waals surface area contributed by atoms with E-state index in [1.54, 1.807) is 24.9 Å². The second-order valence-electron chi connectivity index (χ2n) is 6.32. The van der Waals surface area contributed by atoms with Gasteiger partial charge in [0.2, 0.25) is 0 Å². The van der Waals surface area contributed by atoms with Crippen LogP contribution in [0.1, 0.15) is 30.5 Å². The van der Waals surface area contributed by atoms with Gasteiger partial charge in [-0.15, -0.1) is 24.0 Å². The zero-order valence-electron chi connectivity index (χ0n) is 17.5.